The van der Waals surface area contributed by atoms with E-state index in [1.54, 1.807) is 4.90 Å². The van der Waals surface area contributed by atoms with E-state index in [1.165, 1.54) is 0 Å². The van der Waals surface area contributed by atoms with Gasteiger partial charge in [0.25, 0.3) is 0 Å². The lowest BCUT2D eigenvalue weighted by atomic mass is 9.97. The molecule has 0 aliphatic rings. The zero-order chi connectivity index (χ0) is 26.9. The molecule has 1 N–H and O–H groups in total. The minimum absolute atomic E-state index is 0.0608. The first kappa shape index (κ1) is 26.7. The molecule has 0 unspecified atom stereocenters. The summed E-state index contributed by atoms with van der Waals surface area (Å²) in [6, 6.07) is 24.7. The molecule has 0 aliphatic heterocycles. The Kier molecular flexibility index (Phi) is 8.98. The lowest BCUT2D eigenvalue weighted by Gasteiger charge is -2.33. The van der Waals surface area contributed by atoms with Gasteiger partial charge in [-0.2, -0.15) is 5.21 Å². The summed E-state index contributed by atoms with van der Waals surface area (Å²) in [6.45, 7) is 6.34. The van der Waals surface area contributed by atoms with Gasteiger partial charge in [0, 0.05) is 18.5 Å². The first-order valence-corrected chi connectivity index (χ1v) is 12.9. The minimum atomic E-state index is -0.684. The van der Waals surface area contributed by atoms with E-state index < -0.39 is 6.04 Å². The van der Waals surface area contributed by atoms with Crippen molar-refractivity contribution >= 4 is 11.9 Å². The number of nitrogens with zero attached hydrogens (tertiary/aromatic N) is 4. The van der Waals surface area contributed by atoms with E-state index >= 15 is 0 Å². The number of ether oxygens (including phenoxy) is 1. The number of benzene rings is 3. The molecule has 196 valence electrons. The van der Waals surface area contributed by atoms with E-state index in [4.69, 9.17) is 4.74 Å². The molecule has 3 aromatic carbocycles. The van der Waals surface area contributed by atoms with Crippen molar-refractivity contribution in [1.29, 1.82) is 0 Å². The van der Waals surface area contributed by atoms with E-state index in [2.05, 4.69) is 20.6 Å². The summed E-state index contributed by atoms with van der Waals surface area (Å²) in [5.74, 6) is -0.0386. The summed E-state index contributed by atoms with van der Waals surface area (Å²) in [7, 11) is 0. The van der Waals surface area contributed by atoms with Crippen LogP contribution in [0.1, 0.15) is 44.7 Å². The number of tetrazole rings is 1. The molecule has 1 aromatic heterocycles. The van der Waals surface area contributed by atoms with Crippen molar-refractivity contribution in [3.63, 3.8) is 0 Å². The van der Waals surface area contributed by atoms with Gasteiger partial charge < -0.3 is 9.64 Å². The van der Waals surface area contributed by atoms with Gasteiger partial charge in [-0.3, -0.25) is 4.79 Å². The molecule has 38 heavy (non-hydrogen) atoms. The van der Waals surface area contributed by atoms with Crippen LogP contribution in [0.4, 0.5) is 0 Å². The first-order chi connectivity index (χ1) is 18.5. The van der Waals surface area contributed by atoms with Gasteiger partial charge >= 0.3 is 5.97 Å². The molecular weight excluding hydrogens is 478 g/mol. The van der Waals surface area contributed by atoms with E-state index in [0.717, 1.165) is 27.8 Å². The fraction of sp³-hybridized carbons (Fsp3) is 0.300. The Bertz CT molecular complexity index is 1320. The topological polar surface area (TPSA) is 101 Å². The zero-order valence-corrected chi connectivity index (χ0v) is 22.0. The van der Waals surface area contributed by atoms with E-state index in [0.29, 0.717) is 25.2 Å². The number of aromatic amines is 1. The Morgan fingerprint density at radius 1 is 0.895 bits per heavy atom. The predicted octanol–water partition coefficient (Wildman–Crippen LogP) is 5.43. The fourth-order valence-electron chi connectivity index (χ4n) is 4.46. The highest BCUT2D eigenvalue weighted by Gasteiger charge is 2.33. The second-order valence-corrected chi connectivity index (χ2v) is 9.53. The second-order valence-electron chi connectivity index (χ2n) is 9.53. The molecule has 8 heteroatoms. The van der Waals surface area contributed by atoms with Crippen LogP contribution in [0.3, 0.4) is 0 Å². The van der Waals surface area contributed by atoms with Crippen LogP contribution in [0.2, 0.25) is 0 Å². The molecule has 1 amide bonds. The maximum atomic E-state index is 13.3. The maximum Gasteiger partial charge on any atom is 0.329 e. The third kappa shape index (κ3) is 6.51. The van der Waals surface area contributed by atoms with E-state index in [-0.39, 0.29) is 24.4 Å². The van der Waals surface area contributed by atoms with Crippen LogP contribution < -0.4 is 0 Å². The Morgan fingerprint density at radius 3 is 2.21 bits per heavy atom. The molecule has 1 heterocycles. The van der Waals surface area contributed by atoms with Gasteiger partial charge in [0.2, 0.25) is 11.7 Å². The van der Waals surface area contributed by atoms with Crippen LogP contribution >= 0.6 is 0 Å². The average Bonchev–Trinajstić information content (AvgIpc) is 3.47. The van der Waals surface area contributed by atoms with Crippen molar-refractivity contribution in [3.05, 3.63) is 90.0 Å². The smallest absolute Gasteiger partial charge is 0.329 e. The summed E-state index contributed by atoms with van der Waals surface area (Å²) in [5.41, 5.74) is 4.67. The molecule has 1 atom stereocenters. The van der Waals surface area contributed by atoms with Crippen LogP contribution in [0.5, 0.6) is 0 Å². The third-order valence-electron chi connectivity index (χ3n) is 6.35. The van der Waals surface area contributed by atoms with Crippen LogP contribution in [0.25, 0.3) is 22.5 Å². The summed E-state index contributed by atoms with van der Waals surface area (Å²) < 4.78 is 5.67. The lowest BCUT2D eigenvalue weighted by Crippen LogP contribution is -2.48. The van der Waals surface area contributed by atoms with Crippen LogP contribution in [0.15, 0.2) is 78.9 Å². The third-order valence-corrected chi connectivity index (χ3v) is 6.35. The highest BCUT2D eigenvalue weighted by atomic mass is 16.5. The van der Waals surface area contributed by atoms with E-state index in [9.17, 15) is 9.59 Å². The molecule has 8 nitrogen and oxygen atoms in total. The Labute approximate surface area is 223 Å². The number of nitrogens with one attached hydrogen (secondary N) is 1. The summed E-state index contributed by atoms with van der Waals surface area (Å²) in [4.78, 5) is 28.2. The quantitative estimate of drug-likeness (QED) is 0.270. The van der Waals surface area contributed by atoms with Crippen molar-refractivity contribution in [3.8, 4) is 22.5 Å². The lowest BCUT2D eigenvalue weighted by molar-refractivity contribution is -0.159. The van der Waals surface area contributed by atoms with Crippen molar-refractivity contribution in [2.24, 2.45) is 5.92 Å². The van der Waals surface area contributed by atoms with Crippen LogP contribution in [0, 0.1) is 5.92 Å². The number of hydrogen-bond donors (Lipinski definition) is 1. The summed E-state index contributed by atoms with van der Waals surface area (Å²) in [5, 5.41) is 14.4. The number of carbonyl (C=O) groups excluding carboxylic acids is 2. The highest BCUT2D eigenvalue weighted by molar-refractivity contribution is 5.85. The van der Waals surface area contributed by atoms with Gasteiger partial charge in [-0.1, -0.05) is 99.6 Å². The molecule has 0 bridgehead atoms. The van der Waals surface area contributed by atoms with Crippen molar-refractivity contribution in [2.45, 2.75) is 52.8 Å². The van der Waals surface area contributed by atoms with Gasteiger partial charge in [-0.25, -0.2) is 4.79 Å². The summed E-state index contributed by atoms with van der Waals surface area (Å²) >= 11 is 0. The molecule has 0 fully saturated rings. The minimum Gasteiger partial charge on any atom is -0.459 e. The van der Waals surface area contributed by atoms with Crippen LogP contribution in [-0.2, 0) is 27.5 Å². The standard InChI is InChI=1S/C30H33N5O3/c1-4-10-27(36)35(28(21(2)3)30(37)38-20-23-11-6-5-7-12-23)19-22-15-17-24(18-16-22)25-13-8-9-14-26(25)29-31-33-34-32-29/h5-9,11-18,21,28H,4,10,19-20H2,1-3H3,(H,31,32,33,34)/t28-/m0/s1. The molecule has 0 spiro atoms. The number of hydrogen-bond acceptors (Lipinski definition) is 6. The Balaban J connectivity index is 1.55. The monoisotopic (exact) mass is 511 g/mol. The summed E-state index contributed by atoms with van der Waals surface area (Å²) in [6.07, 6.45) is 1.07. The molecule has 0 radical (unpaired) electrons. The number of amides is 1. The maximum absolute atomic E-state index is 13.3. The Hall–Kier alpha value is -4.33. The zero-order valence-electron chi connectivity index (χ0n) is 22.0. The Morgan fingerprint density at radius 2 is 1.58 bits per heavy atom. The van der Waals surface area contributed by atoms with Gasteiger partial charge in [0.15, 0.2) is 0 Å². The van der Waals surface area contributed by atoms with E-state index in [1.807, 2.05) is 99.6 Å². The number of carbonyl (C=O) groups is 2. The highest BCUT2D eigenvalue weighted by Crippen LogP contribution is 2.30. The van der Waals surface area contributed by atoms with Crippen molar-refractivity contribution in [2.75, 3.05) is 0 Å². The first-order valence-electron chi connectivity index (χ1n) is 12.9. The normalized spacial score (nSPS) is 11.8. The van der Waals surface area contributed by atoms with Crippen molar-refractivity contribution < 1.29 is 14.3 Å². The number of H-pyrrole nitrogens is 1. The SMILES string of the molecule is CCCC(=O)N(Cc1ccc(-c2ccccc2-c2nn[nH]n2)cc1)[C@H](C(=O)OCc1ccccc1)C(C)C. The number of esters is 1. The van der Waals surface area contributed by atoms with Gasteiger partial charge in [-0.05, 0) is 39.8 Å². The molecule has 0 saturated carbocycles. The fourth-order valence-corrected chi connectivity index (χ4v) is 4.46. The molecule has 4 rings (SSSR count). The van der Waals surface area contributed by atoms with Gasteiger partial charge in [-0.15, -0.1) is 10.2 Å². The van der Waals surface area contributed by atoms with Gasteiger partial charge in [0.1, 0.15) is 12.6 Å². The van der Waals surface area contributed by atoms with Crippen LogP contribution in [-0.4, -0.2) is 43.4 Å². The predicted molar refractivity (Wildman–Crippen MR) is 145 cm³/mol. The van der Waals surface area contributed by atoms with Crippen molar-refractivity contribution in [1.82, 2.24) is 25.5 Å². The van der Waals surface area contributed by atoms with Gasteiger partial charge in [0.05, 0.1) is 0 Å². The second kappa shape index (κ2) is 12.8. The number of aromatic nitrogens is 4. The molecule has 4 aromatic rings. The molecule has 0 saturated heterocycles. The number of rotatable bonds is 11. The largest absolute Gasteiger partial charge is 0.459 e. The molecule has 0 aliphatic carbocycles. The molecular formula is C30H33N5O3. The average molecular weight is 512 g/mol.